The molecule has 0 atom stereocenters. The molecule has 0 unspecified atom stereocenters. The van der Waals surface area contributed by atoms with Gasteiger partial charge in [0.2, 0.25) is 0 Å². The van der Waals surface area contributed by atoms with Gasteiger partial charge < -0.3 is 20.4 Å². The lowest BCUT2D eigenvalue weighted by atomic mass is 9.78. The maximum Gasteiger partial charge on any atom is 0.123 e. The van der Waals surface area contributed by atoms with E-state index in [4.69, 9.17) is 0 Å². The second-order valence-corrected chi connectivity index (χ2v) is 18.0. The van der Waals surface area contributed by atoms with Gasteiger partial charge in [0.25, 0.3) is 0 Å². The summed E-state index contributed by atoms with van der Waals surface area (Å²) in [5.74, 6) is 1.13. The van der Waals surface area contributed by atoms with Crippen LogP contribution in [0.3, 0.4) is 0 Å². The summed E-state index contributed by atoms with van der Waals surface area (Å²) in [4.78, 5) is 0. The zero-order chi connectivity index (χ0) is 44.0. The molecule has 0 spiro atoms. The van der Waals surface area contributed by atoms with Crippen LogP contribution in [0.4, 0.5) is 0 Å². The Labute approximate surface area is 367 Å². The van der Waals surface area contributed by atoms with Gasteiger partial charge in [0.05, 0.1) is 0 Å². The van der Waals surface area contributed by atoms with Crippen LogP contribution in [-0.4, -0.2) is 20.4 Å². The van der Waals surface area contributed by atoms with E-state index < -0.39 is 0 Å². The van der Waals surface area contributed by atoms with E-state index in [1.807, 2.05) is 109 Å². The van der Waals surface area contributed by atoms with E-state index >= 15 is 0 Å². The van der Waals surface area contributed by atoms with E-state index in [2.05, 4.69) is 102 Å². The number of hydrogen-bond donors (Lipinski definition) is 4. The third-order valence-electron chi connectivity index (χ3n) is 11.5. The fourth-order valence-corrected chi connectivity index (χ4v) is 8.28. The molecule has 0 aromatic heterocycles. The molecule has 0 bridgehead atoms. The van der Waals surface area contributed by atoms with Gasteiger partial charge >= 0.3 is 0 Å². The fraction of sp³-hybridized carbons (Fsp3) is 0.172. The molecule has 62 heavy (non-hydrogen) atoms. The number of benzene rings is 8. The van der Waals surface area contributed by atoms with Crippen molar-refractivity contribution >= 4 is 0 Å². The molecule has 312 valence electrons. The largest absolute Gasteiger partial charge is 0.508 e. The molecule has 0 amide bonds. The molecular weight excluding hydrogens is 761 g/mol. The van der Waals surface area contributed by atoms with Crippen LogP contribution >= 0.6 is 0 Å². The van der Waals surface area contributed by atoms with Gasteiger partial charge in [-0.2, -0.15) is 0 Å². The monoisotopic (exact) mass is 816 g/mol. The lowest BCUT2D eigenvalue weighted by Crippen LogP contribution is -2.14. The lowest BCUT2D eigenvalue weighted by Gasteiger charge is -2.26. The Bertz CT molecular complexity index is 2580. The molecular formula is C58H56O4. The highest BCUT2D eigenvalue weighted by Gasteiger charge is 2.26. The summed E-state index contributed by atoms with van der Waals surface area (Å²) in [6.45, 7) is 12.7. The molecule has 0 aliphatic carbocycles. The minimum atomic E-state index is -0.160. The van der Waals surface area contributed by atoms with Crippen LogP contribution < -0.4 is 0 Å². The second-order valence-electron chi connectivity index (χ2n) is 18.0. The standard InChI is InChI=1S/C31H24O2.C27H32O2/c32-29-18-16-25(20-27(29)22-10-4-1-5-11-22)31(24-14-8-3-9-15-24)26-17-19-30(33)28(21-26)23-12-6-2-7-13-23;1-26(2,3)21-16-19(12-14-23(21)28)25(18-10-8-7-9-11-18)20-13-15-24(29)22(17-20)27(4,5)6/h1-21,31-33H;7-17,25,28-29H,1-6H3. The third-order valence-corrected chi connectivity index (χ3v) is 11.5. The molecule has 0 heterocycles. The van der Waals surface area contributed by atoms with Gasteiger partial charge in [0.15, 0.2) is 0 Å². The van der Waals surface area contributed by atoms with Gasteiger partial charge in [-0.15, -0.1) is 0 Å². The van der Waals surface area contributed by atoms with Crippen molar-refractivity contribution in [1.82, 2.24) is 0 Å². The van der Waals surface area contributed by atoms with Crippen molar-refractivity contribution in [2.24, 2.45) is 0 Å². The van der Waals surface area contributed by atoms with Crippen molar-refractivity contribution in [3.8, 4) is 45.3 Å². The number of phenols is 4. The van der Waals surface area contributed by atoms with Crippen LogP contribution in [0.2, 0.25) is 0 Å². The Morgan fingerprint density at radius 3 is 0.871 bits per heavy atom. The average molecular weight is 817 g/mol. The average Bonchev–Trinajstić information content (AvgIpc) is 3.27. The zero-order valence-electron chi connectivity index (χ0n) is 36.4. The smallest absolute Gasteiger partial charge is 0.123 e. The molecule has 4 nitrogen and oxygen atoms in total. The molecule has 8 aromatic carbocycles. The first-order chi connectivity index (χ1) is 29.7. The molecule has 8 aromatic rings. The molecule has 0 aliphatic rings. The predicted molar refractivity (Wildman–Crippen MR) is 255 cm³/mol. The van der Waals surface area contributed by atoms with Crippen molar-refractivity contribution in [2.45, 2.75) is 64.2 Å². The number of hydrogen-bond acceptors (Lipinski definition) is 4. The quantitative estimate of drug-likeness (QED) is 0.115. The Hall–Kier alpha value is -7.04. The molecule has 0 radical (unpaired) electrons. The van der Waals surface area contributed by atoms with E-state index in [-0.39, 0.29) is 34.2 Å². The summed E-state index contributed by atoms with van der Waals surface area (Å²) in [5.41, 5.74) is 11.8. The van der Waals surface area contributed by atoms with Gasteiger partial charge in [-0.3, -0.25) is 0 Å². The highest BCUT2D eigenvalue weighted by molar-refractivity contribution is 5.73. The number of aromatic hydroxyl groups is 4. The Balaban J connectivity index is 0.000000188. The zero-order valence-corrected chi connectivity index (χ0v) is 36.4. The molecule has 4 heteroatoms. The van der Waals surface area contributed by atoms with Gasteiger partial charge in [-0.05, 0) is 103 Å². The van der Waals surface area contributed by atoms with Gasteiger partial charge in [-0.1, -0.05) is 199 Å². The van der Waals surface area contributed by atoms with Crippen molar-refractivity contribution in [2.75, 3.05) is 0 Å². The Morgan fingerprint density at radius 1 is 0.290 bits per heavy atom. The molecule has 8 rings (SSSR count). The van der Waals surface area contributed by atoms with Crippen molar-refractivity contribution < 1.29 is 20.4 Å². The molecule has 0 aliphatic heterocycles. The Morgan fingerprint density at radius 2 is 0.565 bits per heavy atom. The summed E-state index contributed by atoms with van der Waals surface area (Å²) in [7, 11) is 0. The van der Waals surface area contributed by atoms with E-state index in [0.717, 1.165) is 61.2 Å². The van der Waals surface area contributed by atoms with Gasteiger partial charge in [-0.25, -0.2) is 0 Å². The summed E-state index contributed by atoms with van der Waals surface area (Å²) >= 11 is 0. The summed E-state index contributed by atoms with van der Waals surface area (Å²) in [6.07, 6.45) is 0. The van der Waals surface area contributed by atoms with Crippen LogP contribution in [0.25, 0.3) is 22.3 Å². The van der Waals surface area contributed by atoms with Crippen LogP contribution in [0.5, 0.6) is 23.0 Å². The predicted octanol–water partition coefficient (Wildman–Crippen LogP) is 14.5. The van der Waals surface area contributed by atoms with Crippen LogP contribution in [0.1, 0.15) is 97.9 Å². The number of rotatable bonds is 8. The van der Waals surface area contributed by atoms with E-state index in [1.165, 1.54) is 5.56 Å². The summed E-state index contributed by atoms with van der Waals surface area (Å²) in [5, 5.41) is 42.1. The minimum absolute atomic E-state index is 0.0135. The van der Waals surface area contributed by atoms with Gasteiger partial charge in [0.1, 0.15) is 23.0 Å². The summed E-state index contributed by atoms with van der Waals surface area (Å²) < 4.78 is 0. The molecule has 0 fully saturated rings. The minimum Gasteiger partial charge on any atom is -0.508 e. The van der Waals surface area contributed by atoms with Crippen molar-refractivity contribution in [3.05, 3.63) is 239 Å². The molecule has 0 saturated heterocycles. The van der Waals surface area contributed by atoms with E-state index in [0.29, 0.717) is 11.5 Å². The topological polar surface area (TPSA) is 80.9 Å². The third kappa shape index (κ3) is 9.77. The first kappa shape index (κ1) is 43.1. The van der Waals surface area contributed by atoms with Crippen LogP contribution in [0.15, 0.2) is 194 Å². The Kier molecular flexibility index (Phi) is 12.7. The van der Waals surface area contributed by atoms with E-state index in [9.17, 15) is 20.4 Å². The van der Waals surface area contributed by atoms with Crippen LogP contribution in [0, 0.1) is 0 Å². The molecule has 4 N–H and O–H groups in total. The summed E-state index contributed by atoms with van der Waals surface area (Å²) in [6, 6.07) is 64.1. The van der Waals surface area contributed by atoms with E-state index in [1.54, 1.807) is 24.3 Å². The highest BCUT2D eigenvalue weighted by Crippen LogP contribution is 2.42. The highest BCUT2D eigenvalue weighted by atomic mass is 16.3. The van der Waals surface area contributed by atoms with Gasteiger partial charge in [0, 0.05) is 23.0 Å². The van der Waals surface area contributed by atoms with Crippen molar-refractivity contribution in [1.29, 1.82) is 0 Å². The second kappa shape index (κ2) is 18.3. The maximum absolute atomic E-state index is 10.6. The first-order valence-electron chi connectivity index (χ1n) is 21.2. The number of phenolic OH excluding ortho intramolecular Hbond substituents is 4. The lowest BCUT2D eigenvalue weighted by molar-refractivity contribution is 0.446. The van der Waals surface area contributed by atoms with Crippen molar-refractivity contribution in [3.63, 3.8) is 0 Å². The molecule has 0 saturated carbocycles. The van der Waals surface area contributed by atoms with Crippen LogP contribution in [-0.2, 0) is 10.8 Å². The fourth-order valence-electron chi connectivity index (χ4n) is 8.28. The first-order valence-corrected chi connectivity index (χ1v) is 21.2. The SMILES string of the molecule is CC(C)(C)c1cc(C(c2ccccc2)c2ccc(O)c(C(C)(C)C)c2)ccc1O.Oc1ccc(C(c2ccccc2)c2ccc(O)c(-c3ccccc3)c2)cc1-c1ccccc1. The normalized spacial score (nSPS) is 11.6. The maximum atomic E-state index is 10.6.